The Kier molecular flexibility index (Phi) is 6.28. The van der Waals surface area contributed by atoms with E-state index in [1.165, 1.54) is 18.7 Å². The first-order chi connectivity index (χ1) is 8.82. The summed E-state index contributed by atoms with van der Waals surface area (Å²) in [6, 6.07) is 0. The third-order valence-corrected chi connectivity index (χ3v) is 5.41. The summed E-state index contributed by atoms with van der Waals surface area (Å²) in [7, 11) is -3.63. The SMILES string of the molecule is CC(=O)NCCCS(=O)(=O)OCC1C(=O)SCC1C. The molecule has 0 bridgehead atoms. The Morgan fingerprint density at radius 1 is 1.53 bits per heavy atom. The number of hydrogen-bond donors (Lipinski definition) is 1. The predicted octanol–water partition coefficient (Wildman–Crippen LogP) is 0.385. The van der Waals surface area contributed by atoms with E-state index in [-0.39, 0.29) is 35.2 Å². The zero-order valence-corrected chi connectivity index (χ0v) is 12.7. The smallest absolute Gasteiger partial charge is 0.267 e. The molecule has 1 amide bonds. The Labute approximate surface area is 117 Å². The van der Waals surface area contributed by atoms with Crippen LogP contribution in [0, 0.1) is 11.8 Å². The van der Waals surface area contributed by atoms with Crippen LogP contribution in [0.3, 0.4) is 0 Å². The van der Waals surface area contributed by atoms with Gasteiger partial charge in [-0.1, -0.05) is 18.7 Å². The highest BCUT2D eigenvalue weighted by molar-refractivity contribution is 8.14. The molecule has 110 valence electrons. The van der Waals surface area contributed by atoms with Gasteiger partial charge in [-0.25, -0.2) is 0 Å². The lowest BCUT2D eigenvalue weighted by Crippen LogP contribution is -2.25. The van der Waals surface area contributed by atoms with E-state index in [1.54, 1.807) is 0 Å². The molecule has 0 spiro atoms. The summed E-state index contributed by atoms with van der Waals surface area (Å²) in [6.07, 6.45) is 0.296. The standard InChI is InChI=1S/C11H19NO5S2/c1-8-7-18-11(14)10(8)6-17-19(15,16)5-3-4-12-9(2)13/h8,10H,3-7H2,1-2H3,(H,12,13). The van der Waals surface area contributed by atoms with Crippen LogP contribution in [-0.4, -0.2) is 44.1 Å². The first kappa shape index (κ1) is 16.5. The third kappa shape index (κ3) is 5.92. The summed E-state index contributed by atoms with van der Waals surface area (Å²) in [5.74, 6) is 0.174. The molecule has 0 aromatic heterocycles. The molecule has 1 aliphatic heterocycles. The van der Waals surface area contributed by atoms with Crippen LogP contribution in [0.4, 0.5) is 0 Å². The molecule has 1 rings (SSSR count). The van der Waals surface area contributed by atoms with Crippen molar-refractivity contribution in [1.82, 2.24) is 5.32 Å². The summed E-state index contributed by atoms with van der Waals surface area (Å²) in [5.41, 5.74) is 0. The highest BCUT2D eigenvalue weighted by atomic mass is 32.2. The lowest BCUT2D eigenvalue weighted by atomic mass is 9.99. The summed E-state index contributed by atoms with van der Waals surface area (Å²) < 4.78 is 28.1. The summed E-state index contributed by atoms with van der Waals surface area (Å²) >= 11 is 1.23. The molecule has 19 heavy (non-hydrogen) atoms. The molecule has 0 aromatic rings. The molecule has 1 fully saturated rings. The molecule has 1 heterocycles. The van der Waals surface area contributed by atoms with E-state index in [2.05, 4.69) is 5.32 Å². The van der Waals surface area contributed by atoms with Crippen molar-refractivity contribution in [3.05, 3.63) is 0 Å². The van der Waals surface area contributed by atoms with E-state index in [0.717, 1.165) is 5.75 Å². The second kappa shape index (κ2) is 7.25. The van der Waals surface area contributed by atoms with Gasteiger partial charge in [-0.15, -0.1) is 0 Å². The molecule has 2 atom stereocenters. The average Bonchev–Trinajstić information content (AvgIpc) is 2.62. The molecule has 0 aliphatic carbocycles. The van der Waals surface area contributed by atoms with Gasteiger partial charge in [-0.05, 0) is 12.3 Å². The van der Waals surface area contributed by atoms with Gasteiger partial charge in [-0.2, -0.15) is 8.42 Å². The quantitative estimate of drug-likeness (QED) is 0.540. The van der Waals surface area contributed by atoms with Crippen LogP contribution in [-0.2, 0) is 23.9 Å². The fourth-order valence-electron chi connectivity index (χ4n) is 1.65. The minimum atomic E-state index is -3.63. The van der Waals surface area contributed by atoms with Crippen molar-refractivity contribution in [3.8, 4) is 0 Å². The largest absolute Gasteiger partial charge is 0.356 e. The zero-order chi connectivity index (χ0) is 14.5. The van der Waals surface area contributed by atoms with E-state index in [0.29, 0.717) is 13.0 Å². The Hall–Kier alpha value is -0.600. The van der Waals surface area contributed by atoms with Crippen molar-refractivity contribution < 1.29 is 22.2 Å². The van der Waals surface area contributed by atoms with E-state index in [1.807, 2.05) is 6.92 Å². The van der Waals surface area contributed by atoms with Gasteiger partial charge < -0.3 is 5.32 Å². The topological polar surface area (TPSA) is 89.5 Å². The second-order valence-electron chi connectivity index (χ2n) is 4.60. The van der Waals surface area contributed by atoms with Gasteiger partial charge in [-0.3, -0.25) is 13.8 Å². The number of carbonyl (C=O) groups is 2. The lowest BCUT2D eigenvalue weighted by molar-refractivity contribution is -0.119. The van der Waals surface area contributed by atoms with E-state index >= 15 is 0 Å². The predicted molar refractivity (Wildman–Crippen MR) is 73.2 cm³/mol. The van der Waals surface area contributed by atoms with Crippen LogP contribution in [0.1, 0.15) is 20.3 Å². The van der Waals surface area contributed by atoms with E-state index in [4.69, 9.17) is 4.18 Å². The van der Waals surface area contributed by atoms with Gasteiger partial charge >= 0.3 is 0 Å². The maximum atomic E-state index is 11.6. The number of nitrogens with one attached hydrogen (secondary N) is 1. The van der Waals surface area contributed by atoms with Crippen LogP contribution < -0.4 is 5.32 Å². The minimum Gasteiger partial charge on any atom is -0.356 e. The van der Waals surface area contributed by atoms with Crippen molar-refractivity contribution in [3.63, 3.8) is 0 Å². The number of hydrogen-bond acceptors (Lipinski definition) is 6. The van der Waals surface area contributed by atoms with Crippen molar-refractivity contribution in [2.24, 2.45) is 11.8 Å². The summed E-state index contributed by atoms with van der Waals surface area (Å²) in [5, 5.41) is 2.51. The zero-order valence-electron chi connectivity index (χ0n) is 11.0. The Morgan fingerprint density at radius 3 is 2.74 bits per heavy atom. The monoisotopic (exact) mass is 309 g/mol. The van der Waals surface area contributed by atoms with Gasteiger partial charge in [0.1, 0.15) is 0 Å². The molecular formula is C11H19NO5S2. The van der Waals surface area contributed by atoms with Gasteiger partial charge in [0.25, 0.3) is 10.1 Å². The van der Waals surface area contributed by atoms with Gasteiger partial charge in [0.05, 0.1) is 18.3 Å². The Bertz CT molecular complexity index is 434. The lowest BCUT2D eigenvalue weighted by Gasteiger charge is -2.13. The fourth-order valence-corrected chi connectivity index (χ4v) is 3.79. The average molecular weight is 309 g/mol. The van der Waals surface area contributed by atoms with Crippen molar-refractivity contribution in [2.45, 2.75) is 20.3 Å². The summed E-state index contributed by atoms with van der Waals surface area (Å²) in [6.45, 7) is 3.51. The van der Waals surface area contributed by atoms with Crippen molar-refractivity contribution in [2.75, 3.05) is 24.7 Å². The Morgan fingerprint density at radius 2 is 2.21 bits per heavy atom. The molecular weight excluding hydrogens is 290 g/mol. The van der Waals surface area contributed by atoms with Crippen LogP contribution in [0.25, 0.3) is 0 Å². The Balaban J connectivity index is 2.30. The normalized spacial score (nSPS) is 23.6. The number of thioether (sulfide) groups is 1. The molecule has 0 radical (unpaired) electrons. The van der Waals surface area contributed by atoms with Crippen LogP contribution in [0.15, 0.2) is 0 Å². The van der Waals surface area contributed by atoms with Crippen LogP contribution in [0.2, 0.25) is 0 Å². The highest BCUT2D eigenvalue weighted by Crippen LogP contribution is 2.31. The summed E-state index contributed by atoms with van der Waals surface area (Å²) in [4.78, 5) is 22.1. The first-order valence-electron chi connectivity index (χ1n) is 6.10. The van der Waals surface area contributed by atoms with Crippen LogP contribution >= 0.6 is 11.8 Å². The number of amides is 1. The first-order valence-corrected chi connectivity index (χ1v) is 8.66. The molecule has 0 saturated carbocycles. The maximum absolute atomic E-state index is 11.6. The van der Waals surface area contributed by atoms with Crippen LogP contribution in [0.5, 0.6) is 0 Å². The molecule has 6 nitrogen and oxygen atoms in total. The molecule has 2 unspecified atom stereocenters. The third-order valence-electron chi connectivity index (χ3n) is 2.85. The van der Waals surface area contributed by atoms with Gasteiger partial charge in [0.15, 0.2) is 5.12 Å². The molecule has 1 aliphatic rings. The fraction of sp³-hybridized carbons (Fsp3) is 0.818. The molecule has 1 saturated heterocycles. The van der Waals surface area contributed by atoms with Gasteiger partial charge in [0.2, 0.25) is 5.91 Å². The van der Waals surface area contributed by atoms with E-state index < -0.39 is 10.1 Å². The highest BCUT2D eigenvalue weighted by Gasteiger charge is 2.33. The molecule has 8 heteroatoms. The molecule has 1 N–H and O–H groups in total. The molecule has 0 aromatic carbocycles. The second-order valence-corrected chi connectivity index (χ2v) is 7.38. The number of carbonyl (C=O) groups excluding carboxylic acids is 2. The maximum Gasteiger partial charge on any atom is 0.267 e. The minimum absolute atomic E-state index is 0.000876. The van der Waals surface area contributed by atoms with Crippen molar-refractivity contribution in [1.29, 1.82) is 0 Å². The van der Waals surface area contributed by atoms with Gasteiger partial charge in [0, 0.05) is 19.2 Å². The number of rotatable bonds is 7. The van der Waals surface area contributed by atoms with Crippen molar-refractivity contribution >= 4 is 32.9 Å². The van der Waals surface area contributed by atoms with E-state index in [9.17, 15) is 18.0 Å².